The summed E-state index contributed by atoms with van der Waals surface area (Å²) in [6.45, 7) is 13.8. The summed E-state index contributed by atoms with van der Waals surface area (Å²) >= 11 is 0. The van der Waals surface area contributed by atoms with Crippen LogP contribution in [0.4, 0.5) is 4.79 Å². The number of hydrogen-bond acceptors (Lipinski definition) is 5. The van der Waals surface area contributed by atoms with E-state index in [4.69, 9.17) is 9.47 Å². The maximum absolute atomic E-state index is 13.0. The van der Waals surface area contributed by atoms with Crippen molar-refractivity contribution in [1.82, 2.24) is 15.3 Å². The second-order valence-corrected chi connectivity index (χ2v) is 10.3. The number of benzene rings is 2. The van der Waals surface area contributed by atoms with Gasteiger partial charge in [0.25, 0.3) is 5.91 Å². The SMILES string of the molecule is Cc1cccc(C)c1-n1c(C)cc(/C=N\NC(=O)[C@H](COCc2ccccc2)NC(=O)OC(C)(C)C)c1C. The summed E-state index contributed by atoms with van der Waals surface area (Å²) in [5.41, 5.74) is 9.23. The van der Waals surface area contributed by atoms with Crippen molar-refractivity contribution in [3.63, 3.8) is 0 Å². The highest BCUT2D eigenvalue weighted by Gasteiger charge is 2.24. The van der Waals surface area contributed by atoms with Crippen LogP contribution >= 0.6 is 0 Å². The first-order valence-electron chi connectivity index (χ1n) is 12.7. The van der Waals surface area contributed by atoms with Crippen LogP contribution < -0.4 is 10.7 Å². The van der Waals surface area contributed by atoms with Gasteiger partial charge in [0.2, 0.25) is 0 Å². The first kappa shape index (κ1) is 28.7. The number of hydrazone groups is 1. The third-order valence-electron chi connectivity index (χ3n) is 5.92. The quantitative estimate of drug-likeness (QED) is 0.298. The Hall–Kier alpha value is -3.91. The molecular formula is C30H38N4O4. The summed E-state index contributed by atoms with van der Waals surface area (Å²) in [6, 6.07) is 16.9. The van der Waals surface area contributed by atoms with Gasteiger partial charge in [0.15, 0.2) is 0 Å². The summed E-state index contributed by atoms with van der Waals surface area (Å²) in [7, 11) is 0. The highest BCUT2D eigenvalue weighted by Crippen LogP contribution is 2.25. The van der Waals surface area contributed by atoms with Gasteiger partial charge in [-0.2, -0.15) is 5.10 Å². The predicted octanol–water partition coefficient (Wildman–Crippen LogP) is 5.27. The third kappa shape index (κ3) is 7.79. The number of ether oxygens (including phenoxy) is 2. The van der Waals surface area contributed by atoms with Gasteiger partial charge in [0.1, 0.15) is 11.6 Å². The number of hydrogen-bond donors (Lipinski definition) is 2. The first-order chi connectivity index (χ1) is 18.0. The van der Waals surface area contributed by atoms with E-state index in [0.717, 1.165) is 28.2 Å². The Labute approximate surface area is 225 Å². The van der Waals surface area contributed by atoms with Crippen molar-refractivity contribution in [3.05, 3.63) is 88.2 Å². The number of alkyl carbamates (subject to hydrolysis) is 1. The maximum atomic E-state index is 13.0. The monoisotopic (exact) mass is 518 g/mol. The van der Waals surface area contributed by atoms with E-state index < -0.39 is 23.6 Å². The molecule has 2 aromatic carbocycles. The van der Waals surface area contributed by atoms with Crippen molar-refractivity contribution in [2.75, 3.05) is 6.61 Å². The zero-order chi connectivity index (χ0) is 27.9. The number of carbonyl (C=O) groups is 2. The molecule has 8 nitrogen and oxygen atoms in total. The Morgan fingerprint density at radius 1 is 1.00 bits per heavy atom. The van der Waals surface area contributed by atoms with E-state index in [9.17, 15) is 9.59 Å². The van der Waals surface area contributed by atoms with Crippen molar-refractivity contribution in [1.29, 1.82) is 0 Å². The van der Waals surface area contributed by atoms with Crippen LogP contribution in [0.5, 0.6) is 0 Å². The van der Waals surface area contributed by atoms with Crippen LogP contribution in [-0.4, -0.2) is 41.0 Å². The molecule has 0 saturated carbocycles. The second-order valence-electron chi connectivity index (χ2n) is 10.3. The van der Waals surface area contributed by atoms with Crippen molar-refractivity contribution >= 4 is 18.2 Å². The van der Waals surface area contributed by atoms with E-state index in [-0.39, 0.29) is 6.61 Å². The van der Waals surface area contributed by atoms with Crippen molar-refractivity contribution < 1.29 is 19.1 Å². The smallest absolute Gasteiger partial charge is 0.408 e. The van der Waals surface area contributed by atoms with Crippen LogP contribution in [-0.2, 0) is 20.9 Å². The van der Waals surface area contributed by atoms with E-state index in [1.54, 1.807) is 27.0 Å². The van der Waals surface area contributed by atoms with Gasteiger partial charge >= 0.3 is 6.09 Å². The molecule has 0 fully saturated rings. The molecule has 0 spiro atoms. The van der Waals surface area contributed by atoms with Crippen LogP contribution in [0.1, 0.15) is 54.4 Å². The zero-order valence-electron chi connectivity index (χ0n) is 23.3. The average Bonchev–Trinajstić information content (AvgIpc) is 3.11. The van der Waals surface area contributed by atoms with Crippen LogP contribution in [0, 0.1) is 27.7 Å². The highest BCUT2D eigenvalue weighted by atomic mass is 16.6. The molecule has 38 heavy (non-hydrogen) atoms. The maximum Gasteiger partial charge on any atom is 0.408 e. The minimum atomic E-state index is -0.993. The lowest BCUT2D eigenvalue weighted by molar-refractivity contribution is -0.124. The molecule has 1 atom stereocenters. The molecule has 0 radical (unpaired) electrons. The van der Waals surface area contributed by atoms with Gasteiger partial charge in [-0.3, -0.25) is 4.79 Å². The van der Waals surface area contributed by atoms with Gasteiger partial charge in [0, 0.05) is 17.0 Å². The predicted molar refractivity (Wildman–Crippen MR) is 150 cm³/mol. The number of amides is 2. The van der Waals surface area contributed by atoms with Crippen LogP contribution in [0.3, 0.4) is 0 Å². The molecule has 1 heterocycles. The van der Waals surface area contributed by atoms with Crippen LogP contribution in [0.25, 0.3) is 5.69 Å². The standard InChI is InChI=1S/C30H38N4O4/c1-20-12-11-13-21(2)27(20)34-22(3)16-25(23(34)4)17-31-33-28(35)26(32-29(36)38-30(5,6)7)19-37-18-24-14-9-8-10-15-24/h8-17,26H,18-19H2,1-7H3,(H,32,36)(H,33,35)/b31-17-/t26-/m0/s1. The largest absolute Gasteiger partial charge is 0.444 e. The Bertz CT molecular complexity index is 1270. The van der Waals surface area contributed by atoms with Crippen LogP contribution in [0.15, 0.2) is 59.7 Å². The fraction of sp³-hybridized carbons (Fsp3) is 0.367. The molecule has 8 heteroatoms. The number of aryl methyl sites for hydroxylation is 3. The minimum Gasteiger partial charge on any atom is -0.444 e. The lowest BCUT2D eigenvalue weighted by atomic mass is 10.1. The average molecular weight is 519 g/mol. The van der Waals surface area contributed by atoms with Gasteiger partial charge in [-0.1, -0.05) is 48.5 Å². The second kappa shape index (κ2) is 12.6. The van der Waals surface area contributed by atoms with Crippen molar-refractivity contribution in [3.8, 4) is 5.69 Å². The topological polar surface area (TPSA) is 94.0 Å². The van der Waals surface area contributed by atoms with Crippen molar-refractivity contribution in [2.45, 2.75) is 66.7 Å². The number of para-hydroxylation sites is 1. The summed E-state index contributed by atoms with van der Waals surface area (Å²) in [6.07, 6.45) is 0.904. The molecule has 0 aliphatic rings. The molecule has 2 N–H and O–H groups in total. The molecule has 2 amide bonds. The normalized spacial score (nSPS) is 12.4. The molecule has 3 rings (SSSR count). The van der Waals surface area contributed by atoms with Gasteiger partial charge in [0.05, 0.1) is 25.1 Å². The minimum absolute atomic E-state index is 0.0451. The molecule has 0 aliphatic heterocycles. The van der Waals surface area contributed by atoms with E-state index in [0.29, 0.717) is 6.61 Å². The summed E-state index contributed by atoms with van der Waals surface area (Å²) < 4.78 is 13.2. The summed E-state index contributed by atoms with van der Waals surface area (Å²) in [5, 5.41) is 6.77. The highest BCUT2D eigenvalue weighted by molar-refractivity contribution is 5.88. The summed E-state index contributed by atoms with van der Waals surface area (Å²) in [4.78, 5) is 25.3. The number of aromatic nitrogens is 1. The van der Waals surface area contributed by atoms with Gasteiger partial charge < -0.3 is 19.4 Å². The Morgan fingerprint density at radius 3 is 2.29 bits per heavy atom. The molecule has 0 saturated heterocycles. The number of carbonyl (C=O) groups excluding carboxylic acids is 2. The number of nitrogens with zero attached hydrogens (tertiary/aromatic N) is 2. The van der Waals surface area contributed by atoms with Gasteiger partial charge in [-0.05, 0) is 71.2 Å². The number of nitrogens with one attached hydrogen (secondary N) is 2. The summed E-state index contributed by atoms with van der Waals surface area (Å²) in [5.74, 6) is -0.510. The molecule has 0 aliphatic carbocycles. The molecule has 0 bridgehead atoms. The van der Waals surface area contributed by atoms with E-state index in [1.165, 1.54) is 11.1 Å². The Kier molecular flexibility index (Phi) is 9.47. The van der Waals surface area contributed by atoms with E-state index >= 15 is 0 Å². The molecule has 0 unspecified atom stereocenters. The zero-order valence-corrected chi connectivity index (χ0v) is 23.3. The first-order valence-corrected chi connectivity index (χ1v) is 12.7. The lowest BCUT2D eigenvalue weighted by Crippen LogP contribution is -2.49. The van der Waals surface area contributed by atoms with E-state index in [2.05, 4.69) is 46.4 Å². The van der Waals surface area contributed by atoms with Gasteiger partial charge in [-0.25, -0.2) is 10.2 Å². The van der Waals surface area contributed by atoms with E-state index in [1.807, 2.05) is 56.3 Å². The molecule has 3 aromatic rings. The fourth-order valence-corrected chi connectivity index (χ4v) is 4.17. The lowest BCUT2D eigenvalue weighted by Gasteiger charge is -2.22. The Balaban J connectivity index is 1.71. The molecule has 1 aromatic heterocycles. The fourth-order valence-electron chi connectivity index (χ4n) is 4.17. The molecular weight excluding hydrogens is 480 g/mol. The Morgan fingerprint density at radius 2 is 1.66 bits per heavy atom. The van der Waals surface area contributed by atoms with Crippen molar-refractivity contribution in [2.24, 2.45) is 5.10 Å². The number of rotatable bonds is 9. The van der Waals surface area contributed by atoms with Gasteiger partial charge in [-0.15, -0.1) is 0 Å². The molecule has 202 valence electrons. The third-order valence-corrected chi connectivity index (χ3v) is 5.92. The van der Waals surface area contributed by atoms with Crippen LogP contribution in [0.2, 0.25) is 0 Å².